The molecule has 0 amide bonds. The van der Waals surface area contributed by atoms with E-state index in [9.17, 15) is 21.2 Å². The summed E-state index contributed by atoms with van der Waals surface area (Å²) in [6.45, 7) is 2.75. The zero-order valence-electron chi connectivity index (χ0n) is 14.6. The van der Waals surface area contributed by atoms with E-state index in [4.69, 9.17) is 4.74 Å². The molecule has 1 aliphatic heterocycles. The zero-order chi connectivity index (χ0) is 19.7. The minimum Gasteiger partial charge on any atom is -0.379 e. The summed E-state index contributed by atoms with van der Waals surface area (Å²) in [4.78, 5) is -0.0755. The molecule has 10 heteroatoms. The number of halogens is 1. The largest absolute Gasteiger partial charge is 0.379 e. The van der Waals surface area contributed by atoms with Crippen LogP contribution in [-0.4, -0.2) is 47.4 Å². The Kier molecular flexibility index (Phi) is 5.52. The van der Waals surface area contributed by atoms with Crippen LogP contribution in [0.2, 0.25) is 0 Å². The minimum atomic E-state index is -3.94. The van der Waals surface area contributed by atoms with Gasteiger partial charge in [-0.2, -0.15) is 4.31 Å². The fraction of sp³-hybridized carbons (Fsp3) is 0.294. The second-order valence-electron chi connectivity index (χ2n) is 6.05. The van der Waals surface area contributed by atoms with Gasteiger partial charge in [-0.15, -0.1) is 0 Å². The maximum atomic E-state index is 13.2. The first-order valence-corrected chi connectivity index (χ1v) is 11.1. The fourth-order valence-electron chi connectivity index (χ4n) is 2.67. The highest BCUT2D eigenvalue weighted by atomic mass is 32.2. The van der Waals surface area contributed by atoms with Gasteiger partial charge in [0, 0.05) is 13.1 Å². The first-order valence-electron chi connectivity index (χ1n) is 8.17. The molecule has 7 nitrogen and oxygen atoms in total. The highest BCUT2D eigenvalue weighted by molar-refractivity contribution is 7.92. The normalized spacial score (nSPS) is 16.2. The van der Waals surface area contributed by atoms with E-state index in [0.29, 0.717) is 18.8 Å². The van der Waals surface area contributed by atoms with Crippen molar-refractivity contribution in [2.45, 2.75) is 16.7 Å². The Balaban J connectivity index is 1.83. The summed E-state index contributed by atoms with van der Waals surface area (Å²) in [5, 5.41) is 0. The van der Waals surface area contributed by atoms with Crippen molar-refractivity contribution in [1.29, 1.82) is 0 Å². The van der Waals surface area contributed by atoms with Crippen LogP contribution < -0.4 is 4.72 Å². The molecule has 0 aliphatic carbocycles. The quantitative estimate of drug-likeness (QED) is 0.807. The van der Waals surface area contributed by atoms with Crippen LogP contribution in [0.5, 0.6) is 0 Å². The number of anilines is 1. The lowest BCUT2D eigenvalue weighted by Gasteiger charge is -2.26. The van der Waals surface area contributed by atoms with Crippen LogP contribution in [0, 0.1) is 12.7 Å². The molecule has 0 saturated carbocycles. The monoisotopic (exact) mass is 414 g/mol. The highest BCUT2D eigenvalue weighted by Gasteiger charge is 2.27. The number of rotatable bonds is 5. The number of sulfonamides is 2. The maximum Gasteiger partial charge on any atom is 0.261 e. The number of nitrogens with one attached hydrogen (secondary N) is 1. The van der Waals surface area contributed by atoms with Gasteiger partial charge in [0.15, 0.2) is 0 Å². The molecule has 0 unspecified atom stereocenters. The van der Waals surface area contributed by atoms with E-state index in [1.54, 1.807) is 6.92 Å². The van der Waals surface area contributed by atoms with Crippen molar-refractivity contribution in [2.24, 2.45) is 0 Å². The Morgan fingerprint density at radius 1 is 0.963 bits per heavy atom. The zero-order valence-corrected chi connectivity index (χ0v) is 16.2. The summed E-state index contributed by atoms with van der Waals surface area (Å²) < 4.78 is 72.2. The van der Waals surface area contributed by atoms with E-state index >= 15 is 0 Å². The van der Waals surface area contributed by atoms with Gasteiger partial charge in [-0.3, -0.25) is 4.72 Å². The summed E-state index contributed by atoms with van der Waals surface area (Å²) >= 11 is 0. The molecule has 2 aromatic carbocycles. The van der Waals surface area contributed by atoms with E-state index in [2.05, 4.69) is 4.72 Å². The number of morpholine rings is 1. The second-order valence-corrected chi connectivity index (χ2v) is 9.67. The third-order valence-electron chi connectivity index (χ3n) is 4.17. The Bertz CT molecular complexity index is 1030. The molecular weight excluding hydrogens is 395 g/mol. The molecule has 27 heavy (non-hydrogen) atoms. The number of hydrogen-bond acceptors (Lipinski definition) is 5. The van der Waals surface area contributed by atoms with Gasteiger partial charge in [0.05, 0.1) is 28.7 Å². The number of nitrogens with zero attached hydrogens (tertiary/aromatic N) is 1. The number of aryl methyl sites for hydroxylation is 1. The number of hydrogen-bond donors (Lipinski definition) is 1. The molecule has 0 spiro atoms. The summed E-state index contributed by atoms with van der Waals surface area (Å²) in [5.41, 5.74) is 0.687. The van der Waals surface area contributed by atoms with Crippen molar-refractivity contribution in [1.82, 2.24) is 4.31 Å². The SMILES string of the molecule is Cc1cc(F)ccc1NS(=O)(=O)c1ccc(S(=O)(=O)N2CCOCC2)cc1. The summed E-state index contributed by atoms with van der Waals surface area (Å²) in [6.07, 6.45) is 0. The fourth-order valence-corrected chi connectivity index (χ4v) is 5.21. The van der Waals surface area contributed by atoms with Crippen LogP contribution in [0.4, 0.5) is 10.1 Å². The van der Waals surface area contributed by atoms with Crippen molar-refractivity contribution in [3.05, 3.63) is 53.8 Å². The average molecular weight is 414 g/mol. The van der Waals surface area contributed by atoms with Crippen LogP contribution in [0.3, 0.4) is 0 Å². The molecule has 3 rings (SSSR count). The topological polar surface area (TPSA) is 92.8 Å². The third kappa shape index (κ3) is 4.29. The molecule has 0 atom stereocenters. The summed E-state index contributed by atoms with van der Waals surface area (Å²) in [5.74, 6) is -0.465. The van der Waals surface area contributed by atoms with Gasteiger partial charge in [-0.05, 0) is 55.0 Å². The molecule has 1 N–H and O–H groups in total. The van der Waals surface area contributed by atoms with Gasteiger partial charge in [-0.1, -0.05) is 0 Å². The smallest absolute Gasteiger partial charge is 0.261 e. The summed E-state index contributed by atoms with van der Waals surface area (Å²) in [7, 11) is -7.63. The van der Waals surface area contributed by atoms with Crippen molar-refractivity contribution >= 4 is 25.7 Å². The Hall–Kier alpha value is -2.01. The molecule has 146 valence electrons. The summed E-state index contributed by atoms with van der Waals surface area (Å²) in [6, 6.07) is 8.69. The van der Waals surface area contributed by atoms with Crippen LogP contribution in [0.25, 0.3) is 0 Å². The van der Waals surface area contributed by atoms with Crippen LogP contribution >= 0.6 is 0 Å². The molecule has 0 aromatic heterocycles. The van der Waals surface area contributed by atoms with Gasteiger partial charge in [0.25, 0.3) is 10.0 Å². The standard InChI is InChI=1S/C17H19FN2O5S2/c1-13-12-14(18)2-7-17(13)19-26(21,22)15-3-5-16(6-4-15)27(23,24)20-8-10-25-11-9-20/h2-7,12,19H,8-11H2,1H3. The Morgan fingerprint density at radius 2 is 1.56 bits per heavy atom. The minimum absolute atomic E-state index is 0.0151. The Morgan fingerprint density at radius 3 is 2.15 bits per heavy atom. The molecular formula is C17H19FN2O5S2. The Labute approximate surface area is 157 Å². The van der Waals surface area contributed by atoms with E-state index in [1.165, 1.54) is 40.7 Å². The maximum absolute atomic E-state index is 13.2. The van der Waals surface area contributed by atoms with E-state index < -0.39 is 25.9 Å². The first-order chi connectivity index (χ1) is 12.7. The predicted molar refractivity (Wildman–Crippen MR) is 98.0 cm³/mol. The van der Waals surface area contributed by atoms with Crippen LogP contribution in [0.15, 0.2) is 52.3 Å². The van der Waals surface area contributed by atoms with Gasteiger partial charge < -0.3 is 4.74 Å². The molecule has 1 fully saturated rings. The molecule has 1 aliphatic rings. The number of benzene rings is 2. The van der Waals surface area contributed by atoms with Crippen molar-refractivity contribution in [2.75, 3.05) is 31.0 Å². The second kappa shape index (κ2) is 7.55. The van der Waals surface area contributed by atoms with E-state index in [-0.39, 0.29) is 28.6 Å². The van der Waals surface area contributed by atoms with Gasteiger partial charge >= 0.3 is 0 Å². The molecule has 1 saturated heterocycles. The van der Waals surface area contributed by atoms with Crippen molar-refractivity contribution in [3.8, 4) is 0 Å². The van der Waals surface area contributed by atoms with E-state index in [0.717, 1.165) is 6.07 Å². The van der Waals surface area contributed by atoms with Crippen molar-refractivity contribution in [3.63, 3.8) is 0 Å². The van der Waals surface area contributed by atoms with Crippen LogP contribution in [0.1, 0.15) is 5.56 Å². The lowest BCUT2D eigenvalue weighted by molar-refractivity contribution is 0.0730. The van der Waals surface area contributed by atoms with Gasteiger partial charge in [0.2, 0.25) is 10.0 Å². The molecule has 0 radical (unpaired) electrons. The first kappa shape index (κ1) is 19.7. The van der Waals surface area contributed by atoms with Crippen LogP contribution in [-0.2, 0) is 24.8 Å². The average Bonchev–Trinajstić information content (AvgIpc) is 2.65. The van der Waals surface area contributed by atoms with E-state index in [1.807, 2.05) is 0 Å². The van der Waals surface area contributed by atoms with Crippen molar-refractivity contribution < 1.29 is 26.0 Å². The third-order valence-corrected chi connectivity index (χ3v) is 7.47. The number of ether oxygens (including phenoxy) is 1. The predicted octanol–water partition coefficient (Wildman–Crippen LogP) is 1.96. The molecule has 1 heterocycles. The molecule has 2 aromatic rings. The lowest BCUT2D eigenvalue weighted by Crippen LogP contribution is -2.40. The highest BCUT2D eigenvalue weighted by Crippen LogP contribution is 2.23. The molecule has 0 bridgehead atoms. The lowest BCUT2D eigenvalue weighted by atomic mass is 10.2. The van der Waals surface area contributed by atoms with Gasteiger partial charge in [0.1, 0.15) is 5.82 Å². The van der Waals surface area contributed by atoms with Gasteiger partial charge in [-0.25, -0.2) is 21.2 Å².